The first-order valence-electron chi connectivity index (χ1n) is 13.6. The molecule has 3 heterocycles. The molecule has 0 atom stereocenters. The van der Waals surface area contributed by atoms with Crippen molar-refractivity contribution in [3.8, 4) is 17.0 Å². The summed E-state index contributed by atoms with van der Waals surface area (Å²) in [5, 5.41) is 14.9. The van der Waals surface area contributed by atoms with Gasteiger partial charge in [0.2, 0.25) is 0 Å². The number of rotatable bonds is 7. The van der Waals surface area contributed by atoms with Crippen molar-refractivity contribution in [1.82, 2.24) is 19.1 Å². The Balaban J connectivity index is 0.000000644. The Kier molecular flexibility index (Phi) is 10.3. The fourth-order valence-electron chi connectivity index (χ4n) is 4.84. The maximum absolute atomic E-state index is 15.0. The number of aliphatic carboxylic acids is 1. The molecule has 252 valence electrons. The number of benzene rings is 2. The van der Waals surface area contributed by atoms with E-state index >= 15 is 4.39 Å². The molecule has 19 heteroatoms. The Morgan fingerprint density at radius 1 is 1.09 bits per heavy atom. The zero-order valence-electron chi connectivity index (χ0n) is 24.7. The summed E-state index contributed by atoms with van der Waals surface area (Å²) >= 11 is 0. The fourth-order valence-corrected chi connectivity index (χ4v) is 5.54. The molecule has 13 nitrogen and oxygen atoms in total. The van der Waals surface area contributed by atoms with Crippen LogP contribution in [0.15, 0.2) is 48.8 Å². The topological polar surface area (TPSA) is 181 Å². The van der Waals surface area contributed by atoms with Crippen LogP contribution in [0.25, 0.3) is 16.9 Å². The number of imidazole rings is 1. The first kappa shape index (κ1) is 35.0. The highest BCUT2D eigenvalue weighted by Gasteiger charge is 2.38. The minimum Gasteiger partial charge on any atom is -0.496 e. The van der Waals surface area contributed by atoms with Crippen LogP contribution in [0.1, 0.15) is 29.0 Å². The van der Waals surface area contributed by atoms with Crippen LogP contribution in [0.3, 0.4) is 0 Å². The van der Waals surface area contributed by atoms with E-state index in [0.717, 1.165) is 0 Å². The van der Waals surface area contributed by atoms with Gasteiger partial charge in [0.15, 0.2) is 5.65 Å². The van der Waals surface area contributed by atoms with Crippen LogP contribution >= 0.6 is 0 Å². The van der Waals surface area contributed by atoms with Gasteiger partial charge in [-0.3, -0.25) is 4.79 Å². The van der Waals surface area contributed by atoms with Gasteiger partial charge in [-0.15, -0.1) is 0 Å². The van der Waals surface area contributed by atoms with E-state index in [1.54, 1.807) is 29.7 Å². The molecule has 1 aliphatic rings. The van der Waals surface area contributed by atoms with Crippen molar-refractivity contribution in [3.05, 3.63) is 71.8 Å². The van der Waals surface area contributed by atoms with E-state index in [0.29, 0.717) is 43.0 Å². The third kappa shape index (κ3) is 8.69. The SMILES string of the molecule is COc1cccc(F)c1-c1nc(C(=O)Nc2cc(F)ccc2N2CCC(NS(N)(=O)=O)CC2)cn2cc(C)nc12.O=C(O)C(F)(F)F. The number of ether oxygens (including phenoxy) is 1. The van der Waals surface area contributed by atoms with Crippen LogP contribution in [0.4, 0.5) is 33.3 Å². The molecule has 1 saturated heterocycles. The van der Waals surface area contributed by atoms with Gasteiger partial charge in [-0.05, 0) is 50.1 Å². The van der Waals surface area contributed by atoms with Crippen molar-refractivity contribution >= 4 is 39.1 Å². The number of nitrogens with one attached hydrogen (secondary N) is 2. The Morgan fingerprint density at radius 2 is 1.74 bits per heavy atom. The van der Waals surface area contributed by atoms with Gasteiger partial charge in [0.05, 0.1) is 29.7 Å². The summed E-state index contributed by atoms with van der Waals surface area (Å²) in [5.74, 6) is -4.34. The van der Waals surface area contributed by atoms with Crippen LogP contribution in [0.2, 0.25) is 0 Å². The predicted molar refractivity (Wildman–Crippen MR) is 159 cm³/mol. The summed E-state index contributed by atoms with van der Waals surface area (Å²) in [7, 11) is -2.43. The summed E-state index contributed by atoms with van der Waals surface area (Å²) in [6, 6.07) is 8.04. The molecule has 0 radical (unpaired) electrons. The molecular weight excluding hydrogens is 657 g/mol. The number of nitrogens with two attached hydrogens (primary N) is 1. The van der Waals surface area contributed by atoms with Crippen LogP contribution in [0, 0.1) is 18.6 Å². The number of carbonyl (C=O) groups is 2. The Labute approximate surface area is 264 Å². The minimum atomic E-state index is -5.08. The monoisotopic (exact) mass is 685 g/mol. The zero-order chi connectivity index (χ0) is 34.7. The second-order valence-electron chi connectivity index (χ2n) is 10.2. The van der Waals surface area contributed by atoms with Gasteiger partial charge in [-0.1, -0.05) is 6.07 Å². The van der Waals surface area contributed by atoms with Crippen molar-refractivity contribution in [2.24, 2.45) is 5.14 Å². The van der Waals surface area contributed by atoms with Gasteiger partial charge in [0, 0.05) is 31.5 Å². The van der Waals surface area contributed by atoms with E-state index < -0.39 is 39.9 Å². The lowest BCUT2D eigenvalue weighted by molar-refractivity contribution is -0.192. The molecule has 47 heavy (non-hydrogen) atoms. The highest BCUT2D eigenvalue weighted by molar-refractivity contribution is 7.87. The second kappa shape index (κ2) is 13.9. The minimum absolute atomic E-state index is 0.0534. The highest BCUT2D eigenvalue weighted by atomic mass is 32.2. The smallest absolute Gasteiger partial charge is 0.490 e. The molecule has 5 N–H and O–H groups in total. The van der Waals surface area contributed by atoms with E-state index in [4.69, 9.17) is 19.8 Å². The number of hydrogen-bond donors (Lipinski definition) is 4. The number of hydrogen-bond acceptors (Lipinski definition) is 8. The third-order valence-electron chi connectivity index (χ3n) is 6.84. The lowest BCUT2D eigenvalue weighted by Gasteiger charge is -2.34. The quantitative estimate of drug-likeness (QED) is 0.211. The number of aromatic nitrogens is 3. The third-order valence-corrected chi connectivity index (χ3v) is 7.50. The van der Waals surface area contributed by atoms with Crippen LogP contribution in [-0.4, -0.2) is 72.2 Å². The van der Waals surface area contributed by atoms with Crippen molar-refractivity contribution < 1.29 is 49.8 Å². The van der Waals surface area contributed by atoms with Crippen LogP contribution in [-0.2, 0) is 15.0 Å². The van der Waals surface area contributed by atoms with Gasteiger partial charge in [0.25, 0.3) is 16.1 Å². The second-order valence-corrected chi connectivity index (χ2v) is 11.6. The summed E-state index contributed by atoms with van der Waals surface area (Å²) in [6.45, 7) is 2.64. The zero-order valence-corrected chi connectivity index (χ0v) is 25.5. The molecule has 0 spiro atoms. The number of halogens is 5. The first-order chi connectivity index (χ1) is 22.0. The number of piperidine rings is 1. The van der Waals surface area contributed by atoms with Gasteiger partial charge in [-0.2, -0.15) is 26.3 Å². The van der Waals surface area contributed by atoms with E-state index in [2.05, 4.69) is 20.0 Å². The number of anilines is 2. The van der Waals surface area contributed by atoms with Crippen molar-refractivity contribution in [3.63, 3.8) is 0 Å². The molecule has 4 aromatic rings. The molecule has 0 aliphatic carbocycles. The molecular formula is C28H28F5N7O6S. The Bertz CT molecular complexity index is 1910. The number of amides is 1. The molecule has 5 rings (SSSR count). The number of carbonyl (C=O) groups excluding carboxylic acids is 1. The van der Waals surface area contributed by atoms with Crippen LogP contribution in [0.5, 0.6) is 5.75 Å². The molecule has 1 aliphatic heterocycles. The summed E-state index contributed by atoms with van der Waals surface area (Å²) in [5.41, 5.74) is 1.83. The maximum Gasteiger partial charge on any atom is 0.490 e. The molecule has 2 aromatic carbocycles. The van der Waals surface area contributed by atoms with E-state index in [-0.39, 0.29) is 34.4 Å². The number of fused-ring (bicyclic) bond motifs is 1. The Hall–Kier alpha value is -4.88. The molecule has 2 aromatic heterocycles. The fraction of sp³-hybridized carbons (Fsp3) is 0.286. The number of carboxylic acid groups (broad SMARTS) is 1. The average molecular weight is 686 g/mol. The number of carboxylic acids is 1. The molecule has 1 fully saturated rings. The molecule has 0 bridgehead atoms. The van der Waals surface area contributed by atoms with E-state index in [1.165, 1.54) is 37.6 Å². The maximum atomic E-state index is 15.0. The average Bonchev–Trinajstić information content (AvgIpc) is 3.36. The number of alkyl halides is 3. The van der Waals surface area contributed by atoms with Gasteiger partial charge in [0.1, 0.15) is 28.8 Å². The number of methoxy groups -OCH3 is 1. The molecule has 0 unspecified atom stereocenters. The Morgan fingerprint density at radius 3 is 2.34 bits per heavy atom. The van der Waals surface area contributed by atoms with E-state index in [1.807, 2.05) is 4.90 Å². The van der Waals surface area contributed by atoms with Crippen LogP contribution < -0.4 is 24.8 Å². The largest absolute Gasteiger partial charge is 0.496 e. The van der Waals surface area contributed by atoms with E-state index in [9.17, 15) is 30.8 Å². The lowest BCUT2D eigenvalue weighted by Crippen LogP contribution is -2.46. The van der Waals surface area contributed by atoms with Gasteiger partial charge < -0.3 is 24.5 Å². The molecule has 1 amide bonds. The molecule has 0 saturated carbocycles. The lowest BCUT2D eigenvalue weighted by atomic mass is 10.0. The summed E-state index contributed by atoms with van der Waals surface area (Å²) in [6.07, 6.45) is -1.01. The van der Waals surface area contributed by atoms with Crippen molar-refractivity contribution in [2.45, 2.75) is 32.0 Å². The number of nitrogens with zero attached hydrogens (tertiary/aromatic N) is 4. The normalized spacial score (nSPS) is 14.0. The van der Waals surface area contributed by atoms with Gasteiger partial charge >= 0.3 is 12.1 Å². The number of aryl methyl sites for hydroxylation is 1. The highest BCUT2D eigenvalue weighted by Crippen LogP contribution is 2.34. The summed E-state index contributed by atoms with van der Waals surface area (Å²) < 4.78 is 93.1. The van der Waals surface area contributed by atoms with Crippen molar-refractivity contribution in [2.75, 3.05) is 30.4 Å². The predicted octanol–water partition coefficient (Wildman–Crippen LogP) is 3.64. The first-order valence-corrected chi connectivity index (χ1v) is 15.2. The standard InChI is InChI=1S/C26H27F2N7O4S.C2HF3O2/c1-15-13-35-14-20(31-24(25(35)30-15)23-18(28)4-3-5-22(23)39-2)26(36)32-19-12-16(27)6-7-21(19)34-10-8-17(9-11-34)33-40(29,37)38;3-2(4,5)1(6)7/h3-7,12-14,17,33H,8-11H2,1-2H3,(H,32,36)(H2,29,37,38);(H,6,7). The summed E-state index contributed by atoms with van der Waals surface area (Å²) in [4.78, 5) is 33.2. The van der Waals surface area contributed by atoms with Gasteiger partial charge in [-0.25, -0.2) is 28.7 Å². The van der Waals surface area contributed by atoms with Crippen molar-refractivity contribution in [1.29, 1.82) is 0 Å².